The summed E-state index contributed by atoms with van der Waals surface area (Å²) in [6.45, 7) is 0.620. The second-order valence-corrected chi connectivity index (χ2v) is 5.05. The normalized spacial score (nSPS) is 10.6. The van der Waals surface area contributed by atoms with Gasteiger partial charge >= 0.3 is 5.69 Å². The fraction of sp³-hybridized carbons (Fsp3) is 0.333. The Labute approximate surface area is 115 Å². The fourth-order valence-electron chi connectivity index (χ4n) is 1.44. The van der Waals surface area contributed by atoms with E-state index < -0.39 is 0 Å². The number of hydrogen-bond acceptors (Lipinski definition) is 5. The van der Waals surface area contributed by atoms with Gasteiger partial charge in [-0.15, -0.1) is 5.10 Å². The Morgan fingerprint density at radius 2 is 2.16 bits per heavy atom. The minimum absolute atomic E-state index is 0.194. The topological polar surface area (TPSA) is 85.9 Å². The number of H-pyrrole nitrogens is 1. The second-order valence-electron chi connectivity index (χ2n) is 3.99. The molecule has 3 N–H and O–H groups in total. The van der Waals surface area contributed by atoms with Crippen LogP contribution in [0.25, 0.3) is 0 Å². The third-order valence-electron chi connectivity index (χ3n) is 2.51. The molecule has 1 aromatic carbocycles. The van der Waals surface area contributed by atoms with Crippen molar-refractivity contribution in [3.63, 3.8) is 0 Å². The van der Waals surface area contributed by atoms with Gasteiger partial charge in [0.2, 0.25) is 0 Å². The molecule has 0 aliphatic heterocycles. The Kier molecular flexibility index (Phi) is 4.51. The van der Waals surface area contributed by atoms with Crippen LogP contribution in [0.4, 0.5) is 5.69 Å². The highest BCUT2D eigenvalue weighted by Crippen LogP contribution is 2.15. The van der Waals surface area contributed by atoms with Crippen LogP contribution in [0.2, 0.25) is 0 Å². The number of nitrogens with two attached hydrogens (primary N) is 1. The smallest absolute Gasteiger partial charge is 0.343 e. The highest BCUT2D eigenvalue weighted by molar-refractivity contribution is 7.99. The molecule has 0 saturated heterocycles. The molecule has 1 aromatic heterocycles. The van der Waals surface area contributed by atoms with Crippen molar-refractivity contribution in [2.75, 3.05) is 18.1 Å². The van der Waals surface area contributed by atoms with Crippen LogP contribution in [0.3, 0.4) is 0 Å². The maximum Gasteiger partial charge on any atom is 0.343 e. The summed E-state index contributed by atoms with van der Waals surface area (Å²) in [5, 5.41) is 7.01. The summed E-state index contributed by atoms with van der Waals surface area (Å²) < 4.78 is 7.06. The van der Waals surface area contributed by atoms with Gasteiger partial charge in [-0.2, -0.15) is 0 Å². The third-order valence-corrected chi connectivity index (χ3v) is 3.62. The SMILES string of the molecule is Cn1c(SCCCOc2ccc(N)cc2)n[nH]c1=O. The molecule has 1 heterocycles. The second kappa shape index (κ2) is 6.33. The summed E-state index contributed by atoms with van der Waals surface area (Å²) in [6.07, 6.45) is 0.871. The molecule has 2 aromatic rings. The van der Waals surface area contributed by atoms with E-state index in [1.165, 1.54) is 16.3 Å². The predicted molar refractivity (Wildman–Crippen MR) is 75.5 cm³/mol. The molecule has 19 heavy (non-hydrogen) atoms. The van der Waals surface area contributed by atoms with Crippen molar-refractivity contribution in [3.8, 4) is 5.75 Å². The molecule has 0 aliphatic carbocycles. The van der Waals surface area contributed by atoms with Crippen molar-refractivity contribution >= 4 is 17.4 Å². The van der Waals surface area contributed by atoms with Crippen molar-refractivity contribution in [1.29, 1.82) is 0 Å². The van der Waals surface area contributed by atoms with Crippen LogP contribution in [0, 0.1) is 0 Å². The molecule has 0 aliphatic rings. The lowest BCUT2D eigenvalue weighted by atomic mass is 10.3. The Morgan fingerprint density at radius 3 is 2.79 bits per heavy atom. The predicted octanol–water partition coefficient (Wildman–Crippen LogP) is 1.25. The Bertz CT molecular complexity index is 576. The van der Waals surface area contributed by atoms with E-state index in [2.05, 4.69) is 10.2 Å². The van der Waals surface area contributed by atoms with Gasteiger partial charge in [0.25, 0.3) is 0 Å². The summed E-state index contributed by atoms with van der Waals surface area (Å²) in [4.78, 5) is 11.1. The summed E-state index contributed by atoms with van der Waals surface area (Å²) in [7, 11) is 1.69. The minimum atomic E-state index is -0.194. The van der Waals surface area contributed by atoms with Gasteiger partial charge in [-0.05, 0) is 30.7 Å². The van der Waals surface area contributed by atoms with Gasteiger partial charge in [0.1, 0.15) is 5.75 Å². The number of anilines is 1. The highest BCUT2D eigenvalue weighted by atomic mass is 32.2. The van der Waals surface area contributed by atoms with Crippen molar-refractivity contribution < 1.29 is 4.74 Å². The number of nitrogens with one attached hydrogen (secondary N) is 1. The molecule has 2 rings (SSSR count). The Balaban J connectivity index is 1.69. The van der Waals surface area contributed by atoms with E-state index in [9.17, 15) is 4.79 Å². The van der Waals surface area contributed by atoms with E-state index in [1.807, 2.05) is 24.3 Å². The number of rotatable bonds is 6. The van der Waals surface area contributed by atoms with Gasteiger partial charge in [0, 0.05) is 18.5 Å². The maximum absolute atomic E-state index is 11.1. The molecule has 0 fully saturated rings. The van der Waals surface area contributed by atoms with E-state index >= 15 is 0 Å². The van der Waals surface area contributed by atoms with E-state index in [-0.39, 0.29) is 5.69 Å². The van der Waals surface area contributed by atoms with Crippen molar-refractivity contribution in [1.82, 2.24) is 14.8 Å². The number of ether oxygens (including phenoxy) is 1. The van der Waals surface area contributed by atoms with Gasteiger partial charge in [-0.3, -0.25) is 4.57 Å². The minimum Gasteiger partial charge on any atom is -0.494 e. The standard InChI is InChI=1S/C12H16N4O2S/c1-16-11(17)14-15-12(16)19-8-2-7-18-10-5-3-9(13)4-6-10/h3-6H,2,7-8,13H2,1H3,(H,14,17). The van der Waals surface area contributed by atoms with Crippen LogP contribution in [0.1, 0.15) is 6.42 Å². The molecular weight excluding hydrogens is 264 g/mol. The quantitative estimate of drug-likeness (QED) is 0.472. The van der Waals surface area contributed by atoms with Crippen LogP contribution < -0.4 is 16.2 Å². The van der Waals surface area contributed by atoms with E-state index in [0.717, 1.165) is 23.6 Å². The number of nitrogens with zero attached hydrogens (tertiary/aromatic N) is 2. The zero-order valence-corrected chi connectivity index (χ0v) is 11.4. The first-order valence-corrected chi connectivity index (χ1v) is 6.88. The molecule has 7 heteroatoms. The zero-order valence-electron chi connectivity index (χ0n) is 10.6. The van der Waals surface area contributed by atoms with Crippen LogP contribution in [0.15, 0.2) is 34.2 Å². The molecule has 0 bridgehead atoms. The Morgan fingerprint density at radius 1 is 1.42 bits per heavy atom. The maximum atomic E-state index is 11.1. The van der Waals surface area contributed by atoms with Crippen molar-refractivity contribution in [2.24, 2.45) is 7.05 Å². The van der Waals surface area contributed by atoms with E-state index in [4.69, 9.17) is 10.5 Å². The summed E-state index contributed by atoms with van der Waals surface area (Å²) >= 11 is 1.53. The summed E-state index contributed by atoms with van der Waals surface area (Å²) in [6, 6.07) is 7.31. The van der Waals surface area contributed by atoms with Crippen LogP contribution >= 0.6 is 11.8 Å². The molecule has 0 amide bonds. The molecular formula is C12H16N4O2S. The lowest BCUT2D eigenvalue weighted by Crippen LogP contribution is -2.13. The van der Waals surface area contributed by atoms with Gasteiger partial charge in [-0.25, -0.2) is 9.89 Å². The van der Waals surface area contributed by atoms with Gasteiger partial charge in [0.15, 0.2) is 5.16 Å². The number of hydrogen-bond donors (Lipinski definition) is 2. The van der Waals surface area contributed by atoms with Crippen LogP contribution in [-0.4, -0.2) is 27.1 Å². The first-order valence-electron chi connectivity index (χ1n) is 5.89. The molecule has 6 nitrogen and oxygen atoms in total. The van der Waals surface area contributed by atoms with E-state index in [0.29, 0.717) is 11.8 Å². The van der Waals surface area contributed by atoms with Crippen LogP contribution in [-0.2, 0) is 7.05 Å². The first-order chi connectivity index (χ1) is 9.16. The largest absolute Gasteiger partial charge is 0.494 e. The molecule has 0 radical (unpaired) electrons. The molecule has 0 spiro atoms. The summed E-state index contributed by atoms with van der Waals surface area (Å²) in [5.41, 5.74) is 6.12. The summed E-state index contributed by atoms with van der Waals surface area (Å²) in [5.74, 6) is 1.65. The monoisotopic (exact) mass is 280 g/mol. The third kappa shape index (κ3) is 3.78. The molecule has 0 saturated carbocycles. The fourth-order valence-corrected chi connectivity index (χ4v) is 2.27. The number of benzene rings is 1. The molecule has 0 unspecified atom stereocenters. The van der Waals surface area contributed by atoms with Gasteiger partial charge in [0.05, 0.1) is 6.61 Å². The van der Waals surface area contributed by atoms with E-state index in [1.54, 1.807) is 7.05 Å². The van der Waals surface area contributed by atoms with Crippen molar-refractivity contribution in [2.45, 2.75) is 11.6 Å². The number of aromatic amines is 1. The van der Waals surface area contributed by atoms with Crippen molar-refractivity contribution in [3.05, 3.63) is 34.7 Å². The number of aromatic nitrogens is 3. The average molecular weight is 280 g/mol. The number of thioether (sulfide) groups is 1. The van der Waals surface area contributed by atoms with Crippen LogP contribution in [0.5, 0.6) is 5.75 Å². The average Bonchev–Trinajstić information content (AvgIpc) is 2.72. The van der Waals surface area contributed by atoms with Gasteiger partial charge in [-0.1, -0.05) is 11.8 Å². The molecule has 0 atom stereocenters. The lowest BCUT2D eigenvalue weighted by Gasteiger charge is -2.05. The zero-order chi connectivity index (χ0) is 13.7. The first kappa shape index (κ1) is 13.5. The Hall–Kier alpha value is -1.89. The highest BCUT2D eigenvalue weighted by Gasteiger charge is 2.03. The lowest BCUT2D eigenvalue weighted by molar-refractivity contribution is 0.318. The van der Waals surface area contributed by atoms with Gasteiger partial charge < -0.3 is 10.5 Å². The molecule has 102 valence electrons. The number of nitrogen functional groups attached to an aromatic ring is 1.